The van der Waals surface area contributed by atoms with E-state index in [1.807, 2.05) is 30.2 Å². The summed E-state index contributed by atoms with van der Waals surface area (Å²) in [5.74, 6) is 2.95. The number of amides is 1. The van der Waals surface area contributed by atoms with Gasteiger partial charge in [0.25, 0.3) is 0 Å². The molecule has 7 heteroatoms. The third-order valence-corrected chi connectivity index (χ3v) is 5.41. The average molecular weight is 355 g/mol. The molecule has 0 unspecified atom stereocenters. The van der Waals surface area contributed by atoms with E-state index in [2.05, 4.69) is 20.0 Å². The van der Waals surface area contributed by atoms with Crippen LogP contribution in [0.15, 0.2) is 22.9 Å². The Labute approximate surface area is 153 Å². The number of anilines is 1. The van der Waals surface area contributed by atoms with Crippen molar-refractivity contribution >= 4 is 11.7 Å². The van der Waals surface area contributed by atoms with E-state index in [1.54, 1.807) is 0 Å². The third-order valence-electron chi connectivity index (χ3n) is 5.41. The molecule has 0 radical (unpaired) electrons. The zero-order chi connectivity index (χ0) is 17.9. The van der Waals surface area contributed by atoms with Gasteiger partial charge in [0.15, 0.2) is 0 Å². The predicted octanol–water partition coefficient (Wildman–Crippen LogP) is 2.85. The maximum Gasteiger partial charge on any atom is 0.230 e. The van der Waals surface area contributed by atoms with Gasteiger partial charge >= 0.3 is 0 Å². The Morgan fingerprint density at radius 1 is 1.19 bits per heavy atom. The van der Waals surface area contributed by atoms with Crippen molar-refractivity contribution in [1.82, 2.24) is 20.0 Å². The van der Waals surface area contributed by atoms with Crippen LogP contribution in [0.1, 0.15) is 50.8 Å². The number of piperazine rings is 1. The van der Waals surface area contributed by atoms with Gasteiger partial charge in [-0.05, 0) is 25.0 Å². The van der Waals surface area contributed by atoms with Crippen molar-refractivity contribution in [3.05, 3.63) is 24.2 Å². The monoisotopic (exact) mass is 355 g/mol. The van der Waals surface area contributed by atoms with E-state index in [0.29, 0.717) is 18.2 Å². The number of pyridine rings is 1. The lowest BCUT2D eigenvalue weighted by atomic mass is 10.1. The Bertz CT molecular complexity index is 744. The lowest BCUT2D eigenvalue weighted by Crippen LogP contribution is -2.48. The fourth-order valence-corrected chi connectivity index (χ4v) is 3.80. The molecule has 138 valence electrons. The van der Waals surface area contributed by atoms with Gasteiger partial charge in [-0.3, -0.25) is 4.79 Å². The van der Waals surface area contributed by atoms with Gasteiger partial charge in [-0.25, -0.2) is 4.98 Å². The van der Waals surface area contributed by atoms with Crippen LogP contribution in [0.4, 0.5) is 5.82 Å². The Morgan fingerprint density at radius 2 is 1.96 bits per heavy atom. The van der Waals surface area contributed by atoms with Gasteiger partial charge < -0.3 is 14.3 Å². The van der Waals surface area contributed by atoms with E-state index >= 15 is 0 Å². The minimum atomic E-state index is 0.225. The van der Waals surface area contributed by atoms with Gasteiger partial charge in [-0.15, -0.1) is 0 Å². The normalized spacial score (nSPS) is 18.5. The minimum absolute atomic E-state index is 0.225. The molecule has 0 bridgehead atoms. The van der Waals surface area contributed by atoms with Crippen LogP contribution in [0.25, 0.3) is 11.4 Å². The molecule has 26 heavy (non-hydrogen) atoms. The van der Waals surface area contributed by atoms with E-state index < -0.39 is 0 Å². The molecule has 1 amide bonds. The van der Waals surface area contributed by atoms with Gasteiger partial charge in [0, 0.05) is 50.3 Å². The molecule has 3 heterocycles. The van der Waals surface area contributed by atoms with Gasteiger partial charge in [-0.2, -0.15) is 4.98 Å². The van der Waals surface area contributed by atoms with Crippen LogP contribution in [-0.2, 0) is 4.79 Å². The van der Waals surface area contributed by atoms with E-state index in [0.717, 1.165) is 56.3 Å². The minimum Gasteiger partial charge on any atom is -0.353 e. The Hall–Kier alpha value is -2.44. The standard InChI is InChI=1S/C19H25N5O2/c1-2-17(25)24-11-9-23(10-12-24)16-8-7-15(13-20-16)18-21-19(26-22-18)14-5-3-4-6-14/h7-8,13-14H,2-6,9-12H2,1H3. The number of hydrogen-bond donors (Lipinski definition) is 0. The third kappa shape index (κ3) is 3.43. The second-order valence-electron chi connectivity index (χ2n) is 7.06. The molecule has 2 aliphatic rings. The number of nitrogens with zero attached hydrogens (tertiary/aromatic N) is 5. The van der Waals surface area contributed by atoms with E-state index in [9.17, 15) is 4.79 Å². The van der Waals surface area contributed by atoms with Crippen LogP contribution < -0.4 is 4.90 Å². The summed E-state index contributed by atoms with van der Waals surface area (Å²) in [6.07, 6.45) is 7.16. The molecule has 1 saturated carbocycles. The van der Waals surface area contributed by atoms with E-state index in [-0.39, 0.29) is 5.91 Å². The summed E-state index contributed by atoms with van der Waals surface area (Å²) < 4.78 is 5.46. The number of carbonyl (C=O) groups excluding carboxylic acids is 1. The van der Waals surface area contributed by atoms with Crippen molar-refractivity contribution in [2.45, 2.75) is 44.9 Å². The summed E-state index contributed by atoms with van der Waals surface area (Å²) in [6, 6.07) is 3.99. The first kappa shape index (κ1) is 17.0. The molecule has 7 nitrogen and oxygen atoms in total. The summed E-state index contributed by atoms with van der Waals surface area (Å²) in [6.45, 7) is 5.04. The fraction of sp³-hybridized carbons (Fsp3) is 0.579. The van der Waals surface area contributed by atoms with Crippen LogP contribution >= 0.6 is 0 Å². The number of rotatable bonds is 4. The van der Waals surface area contributed by atoms with Crippen molar-refractivity contribution < 1.29 is 9.32 Å². The highest BCUT2D eigenvalue weighted by molar-refractivity contribution is 5.76. The number of carbonyl (C=O) groups is 1. The molecule has 2 aromatic rings. The van der Waals surface area contributed by atoms with Gasteiger partial charge in [0.1, 0.15) is 5.82 Å². The first-order valence-electron chi connectivity index (χ1n) is 9.57. The number of aromatic nitrogens is 3. The molecule has 2 aromatic heterocycles. The Kier molecular flexibility index (Phi) is 4.86. The SMILES string of the molecule is CCC(=O)N1CCN(c2ccc(-c3noc(C4CCCC4)n3)cn2)CC1. The maximum absolute atomic E-state index is 11.8. The molecule has 1 aliphatic heterocycles. The van der Waals surface area contributed by atoms with Crippen LogP contribution in [0, 0.1) is 0 Å². The molecule has 0 atom stereocenters. The molecule has 0 N–H and O–H groups in total. The Balaban J connectivity index is 1.40. The van der Waals surface area contributed by atoms with Gasteiger partial charge in [0.2, 0.25) is 17.6 Å². The fourth-order valence-electron chi connectivity index (χ4n) is 3.80. The van der Waals surface area contributed by atoms with Crippen LogP contribution in [0.2, 0.25) is 0 Å². The van der Waals surface area contributed by atoms with Crippen LogP contribution in [0.3, 0.4) is 0 Å². The van der Waals surface area contributed by atoms with Crippen LogP contribution in [-0.4, -0.2) is 52.1 Å². The topological polar surface area (TPSA) is 75.4 Å². The molecule has 1 saturated heterocycles. The molecule has 2 fully saturated rings. The van der Waals surface area contributed by atoms with E-state index in [1.165, 1.54) is 12.8 Å². The lowest BCUT2D eigenvalue weighted by molar-refractivity contribution is -0.131. The van der Waals surface area contributed by atoms with Crippen molar-refractivity contribution in [2.24, 2.45) is 0 Å². The van der Waals surface area contributed by atoms with Gasteiger partial charge in [-0.1, -0.05) is 24.9 Å². The average Bonchev–Trinajstić information content (AvgIpc) is 3.39. The summed E-state index contributed by atoms with van der Waals surface area (Å²) in [5, 5.41) is 4.13. The molecule has 0 spiro atoms. The number of hydrogen-bond acceptors (Lipinski definition) is 6. The summed E-state index contributed by atoms with van der Waals surface area (Å²) in [5.41, 5.74) is 0.876. The summed E-state index contributed by atoms with van der Waals surface area (Å²) >= 11 is 0. The smallest absolute Gasteiger partial charge is 0.230 e. The Morgan fingerprint density at radius 3 is 2.62 bits per heavy atom. The first-order chi connectivity index (χ1) is 12.7. The first-order valence-corrected chi connectivity index (χ1v) is 9.57. The molecular weight excluding hydrogens is 330 g/mol. The molecule has 4 rings (SSSR count). The summed E-state index contributed by atoms with van der Waals surface area (Å²) in [4.78, 5) is 25.1. The largest absolute Gasteiger partial charge is 0.353 e. The second kappa shape index (κ2) is 7.43. The van der Waals surface area contributed by atoms with Crippen molar-refractivity contribution in [2.75, 3.05) is 31.1 Å². The summed E-state index contributed by atoms with van der Waals surface area (Å²) in [7, 11) is 0. The van der Waals surface area contributed by atoms with Crippen molar-refractivity contribution in [1.29, 1.82) is 0 Å². The van der Waals surface area contributed by atoms with Crippen molar-refractivity contribution in [3.63, 3.8) is 0 Å². The molecular formula is C19H25N5O2. The maximum atomic E-state index is 11.8. The highest BCUT2D eigenvalue weighted by atomic mass is 16.5. The zero-order valence-electron chi connectivity index (χ0n) is 15.2. The zero-order valence-corrected chi connectivity index (χ0v) is 15.2. The lowest BCUT2D eigenvalue weighted by Gasteiger charge is -2.35. The molecule has 1 aliphatic carbocycles. The van der Waals surface area contributed by atoms with Gasteiger partial charge in [0.05, 0.1) is 0 Å². The van der Waals surface area contributed by atoms with Crippen molar-refractivity contribution in [3.8, 4) is 11.4 Å². The molecule has 0 aromatic carbocycles. The second-order valence-corrected chi connectivity index (χ2v) is 7.06. The highest BCUT2D eigenvalue weighted by Gasteiger charge is 2.24. The van der Waals surface area contributed by atoms with Crippen LogP contribution in [0.5, 0.6) is 0 Å². The quantitative estimate of drug-likeness (QED) is 0.839. The predicted molar refractivity (Wildman–Crippen MR) is 97.8 cm³/mol. The van der Waals surface area contributed by atoms with E-state index in [4.69, 9.17) is 4.52 Å². The highest BCUT2D eigenvalue weighted by Crippen LogP contribution is 2.33.